The number of morpholine rings is 1. The van der Waals surface area contributed by atoms with Crippen molar-refractivity contribution in [3.8, 4) is 0 Å². The summed E-state index contributed by atoms with van der Waals surface area (Å²) in [6.45, 7) is 10.4. The van der Waals surface area contributed by atoms with Crippen molar-refractivity contribution in [2.45, 2.75) is 39.0 Å². The Labute approximate surface area is 109 Å². The molecule has 4 nitrogen and oxygen atoms in total. The molecule has 1 saturated heterocycles. The molecule has 102 valence electrons. The maximum Gasteiger partial charge on any atom is 0.120 e. The first kappa shape index (κ1) is 13.6. The van der Waals surface area contributed by atoms with Crippen LogP contribution in [0.2, 0.25) is 0 Å². The summed E-state index contributed by atoms with van der Waals surface area (Å²) in [5, 5.41) is 3.49. The van der Waals surface area contributed by atoms with E-state index in [-0.39, 0.29) is 6.04 Å². The maximum absolute atomic E-state index is 5.63. The molecule has 2 heterocycles. The first-order chi connectivity index (χ1) is 8.66. The fraction of sp³-hybridized carbons (Fsp3) is 0.714. The summed E-state index contributed by atoms with van der Waals surface area (Å²) in [6.07, 6.45) is 2.07. The van der Waals surface area contributed by atoms with Crippen LogP contribution in [-0.4, -0.2) is 43.3 Å². The third-order valence-electron chi connectivity index (χ3n) is 3.56. The molecule has 1 aliphatic rings. The molecule has 1 fully saturated rings. The van der Waals surface area contributed by atoms with Crippen LogP contribution in [-0.2, 0) is 4.74 Å². The van der Waals surface area contributed by atoms with Gasteiger partial charge < -0.3 is 14.5 Å². The van der Waals surface area contributed by atoms with Crippen molar-refractivity contribution >= 4 is 0 Å². The van der Waals surface area contributed by atoms with E-state index < -0.39 is 0 Å². The van der Waals surface area contributed by atoms with Crippen LogP contribution < -0.4 is 5.32 Å². The first-order valence-corrected chi connectivity index (χ1v) is 6.79. The molecule has 3 unspecified atom stereocenters. The lowest BCUT2D eigenvalue weighted by Gasteiger charge is -2.36. The highest BCUT2D eigenvalue weighted by atomic mass is 16.5. The summed E-state index contributed by atoms with van der Waals surface area (Å²) in [4.78, 5) is 2.48. The molecule has 1 aliphatic heterocycles. The van der Waals surface area contributed by atoms with Crippen LogP contribution in [0.5, 0.6) is 0 Å². The highest BCUT2D eigenvalue weighted by Crippen LogP contribution is 2.13. The van der Waals surface area contributed by atoms with Crippen LogP contribution in [0.4, 0.5) is 0 Å². The molecule has 0 spiro atoms. The molecule has 4 heteroatoms. The summed E-state index contributed by atoms with van der Waals surface area (Å²) in [5.74, 6) is 0.999. The molecular weight excluding hydrogens is 228 g/mol. The Hall–Kier alpha value is -0.840. The fourth-order valence-corrected chi connectivity index (χ4v) is 2.35. The summed E-state index contributed by atoms with van der Waals surface area (Å²) in [7, 11) is 0. The lowest BCUT2D eigenvalue weighted by atomic mass is 10.2. The molecule has 1 N–H and O–H groups in total. The van der Waals surface area contributed by atoms with Crippen LogP contribution in [0.1, 0.15) is 32.6 Å². The van der Waals surface area contributed by atoms with Gasteiger partial charge in [-0.1, -0.05) is 0 Å². The zero-order valence-electron chi connectivity index (χ0n) is 11.6. The van der Waals surface area contributed by atoms with Crippen molar-refractivity contribution in [1.29, 1.82) is 0 Å². The quantitative estimate of drug-likeness (QED) is 0.870. The Bertz CT molecular complexity index is 340. The third-order valence-corrected chi connectivity index (χ3v) is 3.56. The van der Waals surface area contributed by atoms with Gasteiger partial charge in [0.05, 0.1) is 25.0 Å². The maximum atomic E-state index is 5.63. The number of ether oxygens (including phenoxy) is 1. The number of hydrogen-bond acceptors (Lipinski definition) is 4. The minimum atomic E-state index is 0.272. The van der Waals surface area contributed by atoms with Gasteiger partial charge in [-0.25, -0.2) is 0 Å². The first-order valence-electron chi connectivity index (χ1n) is 6.79. The standard InChI is InChI=1S/C14H24N2O2/c1-11-10-18-12(2)9-16(11)7-6-15-13(3)14-5-4-8-17-14/h4-5,8,11-13,15H,6-7,9-10H2,1-3H3. The average molecular weight is 252 g/mol. The Morgan fingerprint density at radius 3 is 3.06 bits per heavy atom. The van der Waals surface area contributed by atoms with Crippen molar-refractivity contribution in [1.82, 2.24) is 10.2 Å². The Balaban J connectivity index is 1.71. The van der Waals surface area contributed by atoms with Crippen LogP contribution in [0.15, 0.2) is 22.8 Å². The van der Waals surface area contributed by atoms with Crippen LogP contribution in [0.3, 0.4) is 0 Å². The summed E-state index contributed by atoms with van der Waals surface area (Å²) in [5.41, 5.74) is 0. The van der Waals surface area contributed by atoms with Gasteiger partial charge in [0.15, 0.2) is 0 Å². The summed E-state index contributed by atoms with van der Waals surface area (Å²) >= 11 is 0. The van der Waals surface area contributed by atoms with Crippen molar-refractivity contribution in [3.05, 3.63) is 24.2 Å². The molecule has 0 aliphatic carbocycles. The minimum absolute atomic E-state index is 0.272. The molecule has 18 heavy (non-hydrogen) atoms. The smallest absolute Gasteiger partial charge is 0.120 e. The molecule has 0 radical (unpaired) electrons. The molecule has 1 aromatic heterocycles. The minimum Gasteiger partial charge on any atom is -0.468 e. The molecule has 3 atom stereocenters. The number of nitrogens with one attached hydrogen (secondary N) is 1. The molecule has 0 amide bonds. The number of rotatable bonds is 5. The zero-order valence-corrected chi connectivity index (χ0v) is 11.6. The topological polar surface area (TPSA) is 37.6 Å². The van der Waals surface area contributed by atoms with E-state index >= 15 is 0 Å². The fourth-order valence-electron chi connectivity index (χ4n) is 2.35. The third kappa shape index (κ3) is 3.57. The Morgan fingerprint density at radius 1 is 1.50 bits per heavy atom. The lowest BCUT2D eigenvalue weighted by Crippen LogP contribution is -2.49. The van der Waals surface area contributed by atoms with Gasteiger partial charge in [0.25, 0.3) is 0 Å². The SMILES string of the molecule is CC1CN(CCNC(C)c2ccco2)C(C)CO1. The monoisotopic (exact) mass is 252 g/mol. The van der Waals surface area contributed by atoms with Gasteiger partial charge in [0.2, 0.25) is 0 Å². The van der Waals surface area contributed by atoms with E-state index in [2.05, 4.69) is 31.0 Å². The second-order valence-corrected chi connectivity index (χ2v) is 5.18. The van der Waals surface area contributed by atoms with Crippen LogP contribution in [0.25, 0.3) is 0 Å². The number of hydrogen-bond donors (Lipinski definition) is 1. The lowest BCUT2D eigenvalue weighted by molar-refractivity contribution is -0.0487. The van der Waals surface area contributed by atoms with Gasteiger partial charge in [-0.15, -0.1) is 0 Å². The molecule has 0 saturated carbocycles. The van der Waals surface area contributed by atoms with Gasteiger partial charge >= 0.3 is 0 Å². The Kier molecular flexibility index (Phi) is 4.80. The molecular formula is C14H24N2O2. The second kappa shape index (κ2) is 6.36. The average Bonchev–Trinajstić information content (AvgIpc) is 2.87. The largest absolute Gasteiger partial charge is 0.468 e. The van der Waals surface area contributed by atoms with Crippen molar-refractivity contribution in [2.24, 2.45) is 0 Å². The van der Waals surface area contributed by atoms with E-state index in [1.807, 2.05) is 12.1 Å². The number of nitrogens with zero attached hydrogens (tertiary/aromatic N) is 1. The van der Waals surface area contributed by atoms with E-state index in [0.29, 0.717) is 12.1 Å². The molecule has 2 rings (SSSR count). The predicted molar refractivity (Wildman–Crippen MR) is 71.6 cm³/mol. The van der Waals surface area contributed by atoms with Crippen molar-refractivity contribution in [3.63, 3.8) is 0 Å². The van der Waals surface area contributed by atoms with Gasteiger partial charge in [-0.3, -0.25) is 4.90 Å². The highest BCUT2D eigenvalue weighted by Gasteiger charge is 2.22. The normalized spacial score (nSPS) is 27.3. The highest BCUT2D eigenvalue weighted by molar-refractivity contribution is 5.02. The van der Waals surface area contributed by atoms with Crippen molar-refractivity contribution in [2.75, 3.05) is 26.2 Å². The van der Waals surface area contributed by atoms with E-state index in [9.17, 15) is 0 Å². The van der Waals surface area contributed by atoms with E-state index in [4.69, 9.17) is 9.15 Å². The zero-order chi connectivity index (χ0) is 13.0. The molecule has 0 aromatic carbocycles. The van der Waals surface area contributed by atoms with E-state index in [1.165, 1.54) is 0 Å². The van der Waals surface area contributed by atoms with E-state index in [1.54, 1.807) is 6.26 Å². The van der Waals surface area contributed by atoms with Crippen LogP contribution >= 0.6 is 0 Å². The Morgan fingerprint density at radius 2 is 2.33 bits per heavy atom. The molecule has 1 aromatic rings. The van der Waals surface area contributed by atoms with Gasteiger partial charge in [-0.2, -0.15) is 0 Å². The predicted octanol–water partition coefficient (Wildman–Crippen LogP) is 2.04. The van der Waals surface area contributed by atoms with Gasteiger partial charge in [0, 0.05) is 25.7 Å². The van der Waals surface area contributed by atoms with Crippen molar-refractivity contribution < 1.29 is 9.15 Å². The summed E-state index contributed by atoms with van der Waals surface area (Å²) in [6, 6.07) is 4.73. The molecule has 0 bridgehead atoms. The van der Waals surface area contributed by atoms with Gasteiger partial charge in [-0.05, 0) is 32.9 Å². The van der Waals surface area contributed by atoms with Crippen LogP contribution in [0, 0.1) is 0 Å². The van der Waals surface area contributed by atoms with E-state index in [0.717, 1.165) is 32.0 Å². The van der Waals surface area contributed by atoms with Gasteiger partial charge in [0.1, 0.15) is 5.76 Å². The second-order valence-electron chi connectivity index (χ2n) is 5.18. The summed E-state index contributed by atoms with van der Waals surface area (Å²) < 4.78 is 11.0. The number of furan rings is 1.